The van der Waals surface area contributed by atoms with Crippen LogP contribution >= 0.6 is 12.2 Å². The number of imidazole rings is 1. The van der Waals surface area contributed by atoms with Crippen LogP contribution < -0.4 is 0 Å². The van der Waals surface area contributed by atoms with Gasteiger partial charge in [-0.05, 0) is 44.1 Å². The van der Waals surface area contributed by atoms with Gasteiger partial charge in [0.05, 0.1) is 11.6 Å². The quantitative estimate of drug-likeness (QED) is 0.851. The number of fused-ring (bicyclic) bond motifs is 1. The van der Waals surface area contributed by atoms with Crippen LogP contribution in [0.2, 0.25) is 0 Å². The molecule has 0 aliphatic heterocycles. The molecule has 1 N–H and O–H groups in total. The van der Waals surface area contributed by atoms with Gasteiger partial charge in [-0.25, -0.2) is 4.98 Å². The van der Waals surface area contributed by atoms with Crippen molar-refractivity contribution < 1.29 is 4.74 Å². The Morgan fingerprint density at radius 1 is 1.59 bits per heavy atom. The highest BCUT2D eigenvalue weighted by atomic mass is 32.1. The summed E-state index contributed by atoms with van der Waals surface area (Å²) in [5.74, 6) is 0. The van der Waals surface area contributed by atoms with Gasteiger partial charge in [-0.1, -0.05) is 0 Å². The molecule has 1 saturated carbocycles. The van der Waals surface area contributed by atoms with E-state index in [0.29, 0.717) is 12.1 Å². The highest BCUT2D eigenvalue weighted by molar-refractivity contribution is 7.71. The lowest BCUT2D eigenvalue weighted by Crippen LogP contribution is -2.33. The SMILES string of the molecule is CCOC1CC(n2c(=S)[nH]c3cccnc32)C1. The second kappa shape index (κ2) is 4.23. The Morgan fingerprint density at radius 2 is 2.41 bits per heavy atom. The van der Waals surface area contributed by atoms with Crippen LogP contribution in [0, 0.1) is 4.77 Å². The molecule has 1 fully saturated rings. The van der Waals surface area contributed by atoms with Crippen LogP contribution in [0.4, 0.5) is 0 Å². The van der Waals surface area contributed by atoms with Gasteiger partial charge in [-0.2, -0.15) is 0 Å². The Morgan fingerprint density at radius 3 is 3.18 bits per heavy atom. The third kappa shape index (κ3) is 1.79. The van der Waals surface area contributed by atoms with Crippen LogP contribution in [0.1, 0.15) is 25.8 Å². The minimum absolute atomic E-state index is 0.389. The van der Waals surface area contributed by atoms with Crippen molar-refractivity contribution in [1.29, 1.82) is 0 Å². The molecule has 1 aliphatic rings. The van der Waals surface area contributed by atoms with Crippen molar-refractivity contribution in [2.45, 2.75) is 31.9 Å². The Balaban J connectivity index is 1.91. The molecule has 2 aromatic rings. The van der Waals surface area contributed by atoms with Gasteiger partial charge in [-0.15, -0.1) is 0 Å². The third-order valence-electron chi connectivity index (χ3n) is 3.31. The fourth-order valence-electron chi connectivity index (χ4n) is 2.42. The zero-order valence-corrected chi connectivity index (χ0v) is 10.5. The number of ether oxygens (including phenoxy) is 1. The largest absolute Gasteiger partial charge is 0.378 e. The number of pyridine rings is 1. The number of aromatic nitrogens is 3. The first-order valence-corrected chi connectivity index (χ1v) is 6.37. The monoisotopic (exact) mass is 249 g/mol. The summed E-state index contributed by atoms with van der Waals surface area (Å²) >= 11 is 5.36. The summed E-state index contributed by atoms with van der Waals surface area (Å²) in [4.78, 5) is 7.60. The fourth-order valence-corrected chi connectivity index (χ4v) is 2.76. The number of hydrogen-bond acceptors (Lipinski definition) is 3. The number of rotatable bonds is 3. The van der Waals surface area contributed by atoms with E-state index in [1.165, 1.54) is 0 Å². The van der Waals surface area contributed by atoms with Crippen molar-refractivity contribution in [3.63, 3.8) is 0 Å². The lowest BCUT2D eigenvalue weighted by atomic mass is 9.89. The van der Waals surface area contributed by atoms with Gasteiger partial charge >= 0.3 is 0 Å². The Kier molecular flexibility index (Phi) is 2.72. The summed E-state index contributed by atoms with van der Waals surface area (Å²) in [6, 6.07) is 4.36. The number of hydrogen-bond donors (Lipinski definition) is 1. The highest BCUT2D eigenvalue weighted by Crippen LogP contribution is 2.36. The summed E-state index contributed by atoms with van der Waals surface area (Å²) in [5, 5.41) is 0. The molecule has 0 atom stereocenters. The van der Waals surface area contributed by atoms with Crippen LogP contribution in [0.5, 0.6) is 0 Å². The average Bonchev–Trinajstić information content (AvgIpc) is 2.59. The Labute approximate surface area is 105 Å². The van der Waals surface area contributed by atoms with Gasteiger partial charge in [0.15, 0.2) is 10.4 Å². The minimum Gasteiger partial charge on any atom is -0.378 e. The van der Waals surface area contributed by atoms with Crippen molar-refractivity contribution >= 4 is 23.4 Å². The molecule has 0 aromatic carbocycles. The first-order chi connectivity index (χ1) is 8.29. The van der Waals surface area contributed by atoms with E-state index in [4.69, 9.17) is 17.0 Å². The predicted octanol–water partition coefficient (Wildman–Crippen LogP) is 2.83. The van der Waals surface area contributed by atoms with Crippen molar-refractivity contribution in [1.82, 2.24) is 14.5 Å². The minimum atomic E-state index is 0.389. The molecule has 3 rings (SSSR count). The molecule has 90 valence electrons. The smallest absolute Gasteiger partial charge is 0.179 e. The average molecular weight is 249 g/mol. The van der Waals surface area contributed by atoms with Crippen molar-refractivity contribution in [2.75, 3.05) is 6.61 Å². The summed E-state index contributed by atoms with van der Waals surface area (Å²) in [6.07, 6.45) is 4.26. The maximum absolute atomic E-state index is 5.58. The van der Waals surface area contributed by atoms with E-state index in [1.54, 1.807) is 6.20 Å². The van der Waals surface area contributed by atoms with E-state index in [-0.39, 0.29) is 0 Å². The van der Waals surface area contributed by atoms with Crippen molar-refractivity contribution in [3.8, 4) is 0 Å². The normalized spacial score (nSPS) is 23.8. The van der Waals surface area contributed by atoms with Gasteiger partial charge in [0.2, 0.25) is 0 Å². The highest BCUT2D eigenvalue weighted by Gasteiger charge is 2.32. The number of nitrogens with one attached hydrogen (secondary N) is 1. The Hall–Kier alpha value is -1.20. The second-order valence-electron chi connectivity index (χ2n) is 4.38. The molecule has 0 amide bonds. The summed E-state index contributed by atoms with van der Waals surface area (Å²) < 4.78 is 8.47. The molecule has 0 saturated heterocycles. The standard InChI is InChI=1S/C12H15N3OS/c1-2-16-9-6-8(7-9)15-11-10(14-12(15)17)4-3-5-13-11/h3-5,8-9H,2,6-7H2,1H3,(H,14,17). The van der Waals surface area contributed by atoms with Crippen LogP contribution in [0.15, 0.2) is 18.3 Å². The molecular weight excluding hydrogens is 234 g/mol. The summed E-state index contributed by atoms with van der Waals surface area (Å²) in [7, 11) is 0. The third-order valence-corrected chi connectivity index (χ3v) is 3.61. The first-order valence-electron chi connectivity index (χ1n) is 5.96. The van der Waals surface area contributed by atoms with Crippen molar-refractivity contribution in [3.05, 3.63) is 23.1 Å². The molecule has 0 radical (unpaired) electrons. The van der Waals surface area contributed by atoms with E-state index < -0.39 is 0 Å². The van der Waals surface area contributed by atoms with Gasteiger partial charge in [-0.3, -0.25) is 4.57 Å². The maximum Gasteiger partial charge on any atom is 0.179 e. The van der Waals surface area contributed by atoms with Crippen LogP contribution in [0.3, 0.4) is 0 Å². The van der Waals surface area contributed by atoms with Crippen LogP contribution in [-0.2, 0) is 4.74 Å². The first kappa shape index (κ1) is 10.9. The molecule has 0 bridgehead atoms. The van der Waals surface area contributed by atoms with Gasteiger partial charge in [0.1, 0.15) is 0 Å². The molecule has 4 nitrogen and oxygen atoms in total. The van der Waals surface area contributed by atoms with E-state index in [9.17, 15) is 0 Å². The lowest BCUT2D eigenvalue weighted by molar-refractivity contribution is -0.0191. The van der Waals surface area contributed by atoms with Gasteiger partial charge in [0, 0.05) is 18.8 Å². The van der Waals surface area contributed by atoms with E-state index in [2.05, 4.69) is 14.5 Å². The Bertz CT molecular complexity index is 583. The summed E-state index contributed by atoms with van der Waals surface area (Å²) in [6.45, 7) is 2.82. The van der Waals surface area contributed by atoms with Crippen LogP contribution in [0.25, 0.3) is 11.2 Å². The predicted molar refractivity (Wildman–Crippen MR) is 68.6 cm³/mol. The zero-order valence-electron chi connectivity index (χ0n) is 9.72. The molecule has 0 unspecified atom stereocenters. The number of aromatic amines is 1. The topological polar surface area (TPSA) is 42.8 Å². The maximum atomic E-state index is 5.58. The lowest BCUT2D eigenvalue weighted by Gasteiger charge is -2.35. The number of nitrogens with zero attached hydrogens (tertiary/aromatic N) is 2. The molecule has 17 heavy (non-hydrogen) atoms. The van der Waals surface area contributed by atoms with E-state index >= 15 is 0 Å². The zero-order chi connectivity index (χ0) is 11.8. The van der Waals surface area contributed by atoms with Crippen molar-refractivity contribution in [2.24, 2.45) is 0 Å². The molecule has 0 spiro atoms. The van der Waals surface area contributed by atoms with Crippen LogP contribution in [-0.4, -0.2) is 27.2 Å². The fraction of sp³-hybridized carbons (Fsp3) is 0.500. The molecular formula is C12H15N3OS. The molecule has 1 aliphatic carbocycles. The van der Waals surface area contributed by atoms with E-state index in [0.717, 1.165) is 35.4 Å². The number of H-pyrrole nitrogens is 1. The summed E-state index contributed by atoms with van der Waals surface area (Å²) in [5.41, 5.74) is 1.97. The second-order valence-corrected chi connectivity index (χ2v) is 4.76. The van der Waals surface area contributed by atoms with E-state index in [1.807, 2.05) is 19.1 Å². The molecule has 2 aromatic heterocycles. The van der Waals surface area contributed by atoms with Gasteiger partial charge < -0.3 is 9.72 Å². The van der Waals surface area contributed by atoms with Gasteiger partial charge in [0.25, 0.3) is 0 Å². The molecule has 2 heterocycles. The molecule has 5 heteroatoms.